The van der Waals surface area contributed by atoms with Crippen molar-refractivity contribution in [3.8, 4) is 0 Å². The Kier molecular flexibility index (Phi) is 10.6. The fourth-order valence-corrected chi connectivity index (χ4v) is 2.04. The van der Waals surface area contributed by atoms with Gasteiger partial charge in [0, 0.05) is 18.9 Å². The molecule has 2 heteroatoms. The van der Waals surface area contributed by atoms with Crippen LogP contribution in [0.5, 0.6) is 0 Å². The molecule has 0 aliphatic carbocycles. The van der Waals surface area contributed by atoms with Crippen LogP contribution in [0.2, 0.25) is 0 Å². The van der Waals surface area contributed by atoms with E-state index in [1.807, 2.05) is 0 Å². The van der Waals surface area contributed by atoms with Crippen molar-refractivity contribution in [1.29, 1.82) is 0 Å². The van der Waals surface area contributed by atoms with Crippen LogP contribution in [0.4, 0.5) is 0 Å². The predicted octanol–water partition coefficient (Wildman–Crippen LogP) is 5.43. The summed E-state index contributed by atoms with van der Waals surface area (Å²) in [5, 5.41) is 9.67. The topological polar surface area (TPSA) is 37.3 Å². The van der Waals surface area contributed by atoms with Crippen molar-refractivity contribution in [3.63, 3.8) is 0 Å². The van der Waals surface area contributed by atoms with Crippen LogP contribution >= 0.6 is 0 Å². The Bertz CT molecular complexity index is 264. The molecule has 112 valence electrons. The van der Waals surface area contributed by atoms with E-state index in [2.05, 4.69) is 27.7 Å². The molecule has 0 aromatic carbocycles. The molecule has 0 aromatic rings. The van der Waals surface area contributed by atoms with E-state index in [-0.39, 0.29) is 11.5 Å². The maximum Gasteiger partial charge on any atom is 0.159 e. The number of aliphatic hydroxyl groups is 1. The highest BCUT2D eigenvalue weighted by atomic mass is 16.3. The van der Waals surface area contributed by atoms with E-state index in [1.54, 1.807) is 0 Å². The van der Waals surface area contributed by atoms with Crippen LogP contribution in [0.3, 0.4) is 0 Å². The van der Waals surface area contributed by atoms with Crippen LogP contribution < -0.4 is 0 Å². The molecule has 0 amide bonds. The summed E-state index contributed by atoms with van der Waals surface area (Å²) < 4.78 is 0. The number of carbonyl (C=O) groups excluding carboxylic acids is 1. The van der Waals surface area contributed by atoms with Gasteiger partial charge in [0.15, 0.2) is 5.78 Å². The van der Waals surface area contributed by atoms with Crippen LogP contribution in [0.1, 0.15) is 79.1 Å². The molecule has 0 saturated carbocycles. The Morgan fingerprint density at radius 1 is 0.895 bits per heavy atom. The van der Waals surface area contributed by atoms with Crippen LogP contribution in [-0.2, 0) is 4.79 Å². The molecule has 0 heterocycles. The number of ketones is 1. The van der Waals surface area contributed by atoms with E-state index in [9.17, 15) is 9.90 Å². The Hall–Kier alpha value is -0.790. The monoisotopic (exact) mass is 268 g/mol. The Balaban J connectivity index is 3.66. The molecule has 0 aliphatic heterocycles. The van der Waals surface area contributed by atoms with Gasteiger partial charge in [-0.25, -0.2) is 0 Å². The van der Waals surface area contributed by atoms with Gasteiger partial charge >= 0.3 is 0 Å². The maximum absolute atomic E-state index is 11.6. The third kappa shape index (κ3) is 13.4. The lowest BCUT2D eigenvalue weighted by Crippen LogP contribution is -1.97. The molecule has 2 nitrogen and oxygen atoms in total. The second-order valence-electron chi connectivity index (χ2n) is 6.38. The van der Waals surface area contributed by atoms with Gasteiger partial charge in [0.25, 0.3) is 0 Å². The standard InChI is InChI=1S/C17H32O2/c1-14(2)9-5-7-11-16(18)13-17(19)12-8-6-10-15(3)4/h13-15,18H,5-12H2,1-4H3. The minimum atomic E-state index is 0.0742. The summed E-state index contributed by atoms with van der Waals surface area (Å²) in [7, 11) is 0. The van der Waals surface area contributed by atoms with Gasteiger partial charge in [0.1, 0.15) is 0 Å². The first-order valence-electron chi connectivity index (χ1n) is 7.84. The third-order valence-electron chi connectivity index (χ3n) is 3.25. The highest BCUT2D eigenvalue weighted by molar-refractivity contribution is 5.89. The zero-order valence-corrected chi connectivity index (χ0v) is 13.2. The number of allylic oxidation sites excluding steroid dienone is 2. The van der Waals surface area contributed by atoms with Gasteiger partial charge < -0.3 is 5.11 Å². The van der Waals surface area contributed by atoms with E-state index in [4.69, 9.17) is 0 Å². The second kappa shape index (κ2) is 11.1. The molecule has 0 spiro atoms. The van der Waals surface area contributed by atoms with Crippen molar-refractivity contribution < 1.29 is 9.90 Å². The van der Waals surface area contributed by atoms with E-state index in [1.165, 1.54) is 18.9 Å². The molecule has 1 N–H and O–H groups in total. The van der Waals surface area contributed by atoms with E-state index in [0.29, 0.717) is 24.7 Å². The zero-order valence-electron chi connectivity index (χ0n) is 13.2. The van der Waals surface area contributed by atoms with Gasteiger partial charge in [0.2, 0.25) is 0 Å². The zero-order chi connectivity index (χ0) is 14.7. The van der Waals surface area contributed by atoms with Crippen LogP contribution in [-0.4, -0.2) is 10.9 Å². The Morgan fingerprint density at radius 2 is 1.37 bits per heavy atom. The molecule has 0 aliphatic rings. The molecule has 19 heavy (non-hydrogen) atoms. The van der Waals surface area contributed by atoms with Gasteiger partial charge in [-0.05, 0) is 24.7 Å². The van der Waals surface area contributed by atoms with Crippen LogP contribution in [0.15, 0.2) is 11.8 Å². The largest absolute Gasteiger partial charge is 0.512 e. The van der Waals surface area contributed by atoms with E-state index >= 15 is 0 Å². The summed E-state index contributed by atoms with van der Waals surface area (Å²) in [5.41, 5.74) is 0. The van der Waals surface area contributed by atoms with Crippen molar-refractivity contribution in [2.45, 2.75) is 79.1 Å². The van der Waals surface area contributed by atoms with Gasteiger partial charge in [-0.1, -0.05) is 53.4 Å². The molecule has 0 bridgehead atoms. The van der Waals surface area contributed by atoms with Crippen LogP contribution in [0.25, 0.3) is 0 Å². The first kappa shape index (κ1) is 18.2. The smallest absolute Gasteiger partial charge is 0.159 e. The number of hydrogen-bond donors (Lipinski definition) is 1. The average molecular weight is 268 g/mol. The lowest BCUT2D eigenvalue weighted by atomic mass is 10.0. The highest BCUT2D eigenvalue weighted by Crippen LogP contribution is 2.12. The molecule has 0 atom stereocenters. The van der Waals surface area contributed by atoms with Gasteiger partial charge in [0.05, 0.1) is 5.76 Å². The summed E-state index contributed by atoms with van der Waals surface area (Å²) in [5.74, 6) is 1.76. The first-order valence-corrected chi connectivity index (χ1v) is 7.84. The molecule has 0 saturated heterocycles. The molecule has 0 unspecified atom stereocenters. The van der Waals surface area contributed by atoms with E-state index in [0.717, 1.165) is 25.7 Å². The molecular formula is C17H32O2. The summed E-state index contributed by atoms with van der Waals surface area (Å²) >= 11 is 0. The van der Waals surface area contributed by atoms with Crippen molar-refractivity contribution in [1.82, 2.24) is 0 Å². The lowest BCUT2D eigenvalue weighted by Gasteiger charge is -2.04. The molecule has 0 radical (unpaired) electrons. The maximum atomic E-state index is 11.6. The average Bonchev–Trinajstić information content (AvgIpc) is 2.30. The lowest BCUT2D eigenvalue weighted by molar-refractivity contribution is -0.114. The van der Waals surface area contributed by atoms with Gasteiger partial charge in [-0.2, -0.15) is 0 Å². The summed E-state index contributed by atoms with van der Waals surface area (Å²) in [6.07, 6.45) is 9.16. The third-order valence-corrected chi connectivity index (χ3v) is 3.25. The minimum Gasteiger partial charge on any atom is -0.512 e. The second-order valence-corrected chi connectivity index (χ2v) is 6.38. The normalized spacial score (nSPS) is 12.4. The SMILES string of the molecule is CC(C)CCCCC(=O)C=C(O)CCCCC(C)C. The molecular weight excluding hydrogens is 236 g/mol. The fourth-order valence-electron chi connectivity index (χ4n) is 2.04. The molecule has 0 fully saturated rings. The number of rotatable bonds is 11. The van der Waals surface area contributed by atoms with Gasteiger partial charge in [-0.3, -0.25) is 4.79 Å². The Labute approximate surface area is 119 Å². The van der Waals surface area contributed by atoms with Crippen molar-refractivity contribution >= 4 is 5.78 Å². The quantitative estimate of drug-likeness (QED) is 0.308. The highest BCUT2D eigenvalue weighted by Gasteiger charge is 2.03. The number of aliphatic hydroxyl groups excluding tert-OH is 1. The minimum absolute atomic E-state index is 0.0742. The first-order chi connectivity index (χ1) is 8.91. The molecule has 0 aromatic heterocycles. The summed E-state index contributed by atoms with van der Waals surface area (Å²) in [4.78, 5) is 11.6. The summed E-state index contributed by atoms with van der Waals surface area (Å²) in [6.45, 7) is 8.81. The van der Waals surface area contributed by atoms with Crippen molar-refractivity contribution in [2.24, 2.45) is 11.8 Å². The van der Waals surface area contributed by atoms with Crippen LogP contribution in [0, 0.1) is 11.8 Å². The van der Waals surface area contributed by atoms with Crippen molar-refractivity contribution in [3.05, 3.63) is 11.8 Å². The van der Waals surface area contributed by atoms with E-state index < -0.39 is 0 Å². The fraction of sp³-hybridized carbons (Fsp3) is 0.824. The number of unbranched alkanes of at least 4 members (excludes halogenated alkanes) is 2. The predicted molar refractivity (Wildman–Crippen MR) is 82.3 cm³/mol. The summed E-state index contributed by atoms with van der Waals surface area (Å²) in [6, 6.07) is 0. The molecule has 0 rings (SSSR count). The van der Waals surface area contributed by atoms with Crippen molar-refractivity contribution in [2.75, 3.05) is 0 Å². The van der Waals surface area contributed by atoms with Gasteiger partial charge in [-0.15, -0.1) is 0 Å². The number of carbonyl (C=O) groups is 1. The number of hydrogen-bond acceptors (Lipinski definition) is 2. The Morgan fingerprint density at radius 3 is 1.84 bits per heavy atom.